The van der Waals surface area contributed by atoms with Crippen molar-refractivity contribution in [3.63, 3.8) is 0 Å². The van der Waals surface area contributed by atoms with E-state index in [0.29, 0.717) is 23.6 Å². The van der Waals surface area contributed by atoms with Crippen LogP contribution in [0.1, 0.15) is 20.7 Å². The number of hydrogen-bond acceptors (Lipinski definition) is 2. The van der Waals surface area contributed by atoms with E-state index in [9.17, 15) is 18.4 Å². The zero-order chi connectivity index (χ0) is 13.8. The van der Waals surface area contributed by atoms with Gasteiger partial charge in [-0.15, -0.1) is 0 Å². The van der Waals surface area contributed by atoms with Crippen molar-refractivity contribution in [1.29, 1.82) is 0 Å². The van der Waals surface area contributed by atoms with Crippen LogP contribution in [0.3, 0.4) is 0 Å². The molecular formula is C14H9F2NO2. The summed E-state index contributed by atoms with van der Waals surface area (Å²) in [7, 11) is 0. The number of hydrogen-bond donors (Lipinski definition) is 1. The molecule has 0 aromatic heterocycles. The molecule has 1 N–H and O–H groups in total. The second-order valence-corrected chi connectivity index (χ2v) is 3.82. The highest BCUT2D eigenvalue weighted by molar-refractivity contribution is 6.04. The van der Waals surface area contributed by atoms with Gasteiger partial charge in [0.05, 0.1) is 5.56 Å². The zero-order valence-corrected chi connectivity index (χ0v) is 9.69. The van der Waals surface area contributed by atoms with Crippen molar-refractivity contribution in [2.24, 2.45) is 0 Å². The van der Waals surface area contributed by atoms with Crippen LogP contribution in [0.2, 0.25) is 0 Å². The largest absolute Gasteiger partial charge is 0.322 e. The molecule has 2 rings (SSSR count). The van der Waals surface area contributed by atoms with Gasteiger partial charge in [0.25, 0.3) is 5.91 Å². The maximum Gasteiger partial charge on any atom is 0.258 e. The van der Waals surface area contributed by atoms with E-state index in [2.05, 4.69) is 5.32 Å². The first kappa shape index (κ1) is 12.9. The molecule has 2 aromatic rings. The Hall–Kier alpha value is -2.56. The number of amides is 1. The maximum absolute atomic E-state index is 13.4. The Balaban J connectivity index is 2.18. The van der Waals surface area contributed by atoms with Gasteiger partial charge >= 0.3 is 0 Å². The minimum absolute atomic E-state index is 0.249. The average molecular weight is 261 g/mol. The Morgan fingerprint density at radius 2 is 1.74 bits per heavy atom. The quantitative estimate of drug-likeness (QED) is 0.863. The second kappa shape index (κ2) is 5.39. The molecule has 0 spiro atoms. The second-order valence-electron chi connectivity index (χ2n) is 3.82. The first-order chi connectivity index (χ1) is 9.10. The van der Waals surface area contributed by atoms with Crippen LogP contribution in [0.5, 0.6) is 0 Å². The standard InChI is InChI=1S/C14H9F2NO2/c15-10-3-6-12(13(16)7-10)14(19)17-11-4-1-9(8-18)2-5-11/h1-8H,(H,17,19). The molecule has 1 amide bonds. The summed E-state index contributed by atoms with van der Waals surface area (Å²) in [6, 6.07) is 8.79. The molecule has 19 heavy (non-hydrogen) atoms. The normalized spacial score (nSPS) is 10.0. The first-order valence-electron chi connectivity index (χ1n) is 5.42. The summed E-state index contributed by atoms with van der Waals surface area (Å²) in [4.78, 5) is 22.2. The average Bonchev–Trinajstić information content (AvgIpc) is 2.39. The lowest BCUT2D eigenvalue weighted by Gasteiger charge is -2.06. The molecule has 3 nitrogen and oxygen atoms in total. The lowest BCUT2D eigenvalue weighted by Crippen LogP contribution is -2.13. The molecule has 0 aliphatic rings. The number of nitrogens with one attached hydrogen (secondary N) is 1. The molecule has 0 fully saturated rings. The van der Waals surface area contributed by atoms with E-state index in [1.165, 1.54) is 24.3 Å². The Morgan fingerprint density at radius 1 is 1.05 bits per heavy atom. The smallest absolute Gasteiger partial charge is 0.258 e. The predicted molar refractivity (Wildman–Crippen MR) is 66.1 cm³/mol. The van der Waals surface area contributed by atoms with E-state index in [4.69, 9.17) is 0 Å². The van der Waals surface area contributed by atoms with Gasteiger partial charge in [-0.05, 0) is 36.4 Å². The Labute approximate surface area is 107 Å². The molecule has 0 bridgehead atoms. The van der Waals surface area contributed by atoms with E-state index in [0.717, 1.165) is 12.1 Å². The Kier molecular flexibility index (Phi) is 3.66. The minimum Gasteiger partial charge on any atom is -0.322 e. The van der Waals surface area contributed by atoms with Gasteiger partial charge in [-0.1, -0.05) is 0 Å². The third kappa shape index (κ3) is 3.01. The van der Waals surface area contributed by atoms with E-state index >= 15 is 0 Å². The third-order valence-corrected chi connectivity index (χ3v) is 2.48. The lowest BCUT2D eigenvalue weighted by atomic mass is 10.1. The van der Waals surface area contributed by atoms with Crippen LogP contribution < -0.4 is 5.32 Å². The fraction of sp³-hybridized carbons (Fsp3) is 0. The summed E-state index contributed by atoms with van der Waals surface area (Å²) in [5, 5.41) is 2.45. The Morgan fingerprint density at radius 3 is 2.32 bits per heavy atom. The molecule has 0 unspecified atom stereocenters. The molecule has 0 heterocycles. The molecule has 0 atom stereocenters. The van der Waals surface area contributed by atoms with Crippen molar-refractivity contribution in [1.82, 2.24) is 0 Å². The van der Waals surface area contributed by atoms with Crippen molar-refractivity contribution < 1.29 is 18.4 Å². The number of aldehydes is 1. The number of rotatable bonds is 3. The van der Waals surface area contributed by atoms with Crippen LogP contribution in [0, 0.1) is 11.6 Å². The van der Waals surface area contributed by atoms with Gasteiger partial charge < -0.3 is 5.32 Å². The number of carbonyl (C=O) groups excluding carboxylic acids is 2. The van der Waals surface area contributed by atoms with E-state index < -0.39 is 17.5 Å². The number of halogens is 2. The zero-order valence-electron chi connectivity index (χ0n) is 9.69. The predicted octanol–water partition coefficient (Wildman–Crippen LogP) is 3.03. The van der Waals surface area contributed by atoms with Crippen molar-refractivity contribution in [3.8, 4) is 0 Å². The minimum atomic E-state index is -0.929. The van der Waals surface area contributed by atoms with E-state index in [1.807, 2.05) is 0 Å². The SMILES string of the molecule is O=Cc1ccc(NC(=O)c2ccc(F)cc2F)cc1. The van der Waals surface area contributed by atoms with Crippen LogP contribution in [0.15, 0.2) is 42.5 Å². The summed E-state index contributed by atoms with van der Waals surface area (Å²) >= 11 is 0. The van der Waals surface area contributed by atoms with Crippen molar-refractivity contribution in [2.45, 2.75) is 0 Å². The highest BCUT2D eigenvalue weighted by atomic mass is 19.1. The number of anilines is 1. The number of carbonyl (C=O) groups is 2. The molecule has 0 aliphatic carbocycles. The maximum atomic E-state index is 13.4. The summed E-state index contributed by atoms with van der Waals surface area (Å²) < 4.78 is 26.1. The van der Waals surface area contributed by atoms with Crippen LogP contribution in [0.25, 0.3) is 0 Å². The van der Waals surface area contributed by atoms with Gasteiger partial charge in [0.1, 0.15) is 17.9 Å². The van der Waals surface area contributed by atoms with Crippen molar-refractivity contribution in [3.05, 3.63) is 65.2 Å². The van der Waals surface area contributed by atoms with E-state index in [1.54, 1.807) is 0 Å². The fourth-order valence-electron chi connectivity index (χ4n) is 1.52. The summed E-state index contributed by atoms with van der Waals surface area (Å²) in [6.45, 7) is 0. The molecule has 0 saturated carbocycles. The molecule has 96 valence electrons. The van der Waals surface area contributed by atoms with Gasteiger partial charge in [-0.2, -0.15) is 0 Å². The summed E-state index contributed by atoms with van der Waals surface area (Å²) in [5.41, 5.74) is 0.631. The van der Waals surface area contributed by atoms with Crippen LogP contribution >= 0.6 is 0 Å². The number of benzene rings is 2. The highest BCUT2D eigenvalue weighted by Gasteiger charge is 2.12. The molecule has 0 aliphatic heterocycles. The third-order valence-electron chi connectivity index (χ3n) is 2.48. The van der Waals surface area contributed by atoms with Gasteiger partial charge in [-0.25, -0.2) is 8.78 Å². The monoisotopic (exact) mass is 261 g/mol. The highest BCUT2D eigenvalue weighted by Crippen LogP contribution is 2.13. The van der Waals surface area contributed by atoms with Crippen LogP contribution in [-0.4, -0.2) is 12.2 Å². The van der Waals surface area contributed by atoms with Crippen LogP contribution in [0.4, 0.5) is 14.5 Å². The van der Waals surface area contributed by atoms with E-state index in [-0.39, 0.29) is 5.56 Å². The van der Waals surface area contributed by atoms with Crippen LogP contribution in [-0.2, 0) is 0 Å². The van der Waals surface area contributed by atoms with Gasteiger partial charge in [0.15, 0.2) is 0 Å². The summed E-state index contributed by atoms with van der Waals surface area (Å²) in [5.74, 6) is -2.36. The van der Waals surface area contributed by atoms with Crippen molar-refractivity contribution in [2.75, 3.05) is 5.32 Å². The molecule has 2 aromatic carbocycles. The van der Waals surface area contributed by atoms with Crippen molar-refractivity contribution >= 4 is 17.9 Å². The topological polar surface area (TPSA) is 46.2 Å². The molecule has 0 saturated heterocycles. The van der Waals surface area contributed by atoms with Gasteiger partial charge in [0.2, 0.25) is 0 Å². The van der Waals surface area contributed by atoms with Gasteiger partial charge in [-0.3, -0.25) is 9.59 Å². The lowest BCUT2D eigenvalue weighted by molar-refractivity contribution is 0.102. The Bertz CT molecular complexity index is 624. The first-order valence-corrected chi connectivity index (χ1v) is 5.42. The fourth-order valence-corrected chi connectivity index (χ4v) is 1.52. The van der Waals surface area contributed by atoms with Gasteiger partial charge in [0, 0.05) is 17.3 Å². The molecule has 5 heteroatoms. The molecule has 0 radical (unpaired) electrons. The molecular weight excluding hydrogens is 252 g/mol. The summed E-state index contributed by atoms with van der Waals surface area (Å²) in [6.07, 6.45) is 0.672.